The van der Waals surface area contributed by atoms with Gasteiger partial charge in [0.25, 0.3) is 0 Å². The predicted molar refractivity (Wildman–Crippen MR) is 115 cm³/mol. The van der Waals surface area contributed by atoms with Crippen LogP contribution in [0.25, 0.3) is 11.1 Å². The van der Waals surface area contributed by atoms with Crippen LogP contribution in [-0.4, -0.2) is 37.2 Å². The van der Waals surface area contributed by atoms with Crippen molar-refractivity contribution in [2.24, 2.45) is 0 Å². The van der Waals surface area contributed by atoms with Gasteiger partial charge in [-0.2, -0.15) is 0 Å². The van der Waals surface area contributed by atoms with Gasteiger partial charge in [-0.25, -0.2) is 0 Å². The van der Waals surface area contributed by atoms with Crippen LogP contribution in [0.1, 0.15) is 32.8 Å². The normalized spacial score (nSPS) is 12.9. The van der Waals surface area contributed by atoms with Crippen molar-refractivity contribution < 1.29 is 19.4 Å². The molecule has 0 heterocycles. The van der Waals surface area contributed by atoms with E-state index in [2.05, 4.69) is 0 Å². The fourth-order valence-corrected chi connectivity index (χ4v) is 5.84. The Hall–Kier alpha value is -1.48. The standard InChI is InChI=1S/C21H23AsCl2O4/c1-21(2,3)28-20(27)22-15(11-19(25)26)10-13-4-6-14(7-5-13)17-12-16(23)8-9-18(17)24/h4-9,12,15,22H,10-11H2,1-3H3,(H,25,26). The molecule has 28 heavy (non-hydrogen) atoms. The summed E-state index contributed by atoms with van der Waals surface area (Å²) in [6.45, 7) is 5.43. The number of carboxylic acids is 1. The molecule has 7 heteroatoms. The monoisotopic (exact) mass is 484 g/mol. The zero-order chi connectivity index (χ0) is 20.9. The fourth-order valence-electron chi connectivity index (χ4n) is 2.68. The average Bonchev–Trinajstić information content (AvgIpc) is 2.55. The molecule has 0 bridgehead atoms. The van der Waals surface area contributed by atoms with Crippen LogP contribution in [0.3, 0.4) is 0 Å². The topological polar surface area (TPSA) is 63.6 Å². The zero-order valence-corrected chi connectivity index (χ0v) is 19.6. The number of carbonyl (C=O) groups excluding carboxylic acids is 1. The van der Waals surface area contributed by atoms with E-state index in [1.165, 1.54) is 0 Å². The summed E-state index contributed by atoms with van der Waals surface area (Å²) in [5, 5.41) is 10.4. The van der Waals surface area contributed by atoms with Crippen molar-refractivity contribution in [2.45, 2.75) is 43.9 Å². The molecule has 4 nitrogen and oxygen atoms in total. The van der Waals surface area contributed by atoms with Gasteiger partial charge in [0.15, 0.2) is 0 Å². The van der Waals surface area contributed by atoms with Crippen LogP contribution in [0.15, 0.2) is 42.5 Å². The average molecular weight is 485 g/mol. The Labute approximate surface area is 181 Å². The van der Waals surface area contributed by atoms with Gasteiger partial charge in [-0.1, -0.05) is 0 Å². The van der Waals surface area contributed by atoms with Gasteiger partial charge in [0.2, 0.25) is 0 Å². The summed E-state index contributed by atoms with van der Waals surface area (Å²) in [6.07, 6.45) is 0.482. The van der Waals surface area contributed by atoms with Gasteiger partial charge < -0.3 is 0 Å². The molecule has 0 fully saturated rings. The summed E-state index contributed by atoms with van der Waals surface area (Å²) in [6, 6.07) is 13.0. The molecule has 0 spiro atoms. The Morgan fingerprint density at radius 3 is 2.32 bits per heavy atom. The second kappa shape index (κ2) is 9.82. The third-order valence-electron chi connectivity index (χ3n) is 3.82. The quantitative estimate of drug-likeness (QED) is 0.501. The van der Waals surface area contributed by atoms with Crippen LogP contribution < -0.4 is 0 Å². The number of carbonyl (C=O) groups is 2. The number of hydrogen-bond acceptors (Lipinski definition) is 3. The number of aliphatic carboxylic acids is 1. The molecule has 0 saturated carbocycles. The summed E-state index contributed by atoms with van der Waals surface area (Å²) in [5.74, 6) is -0.903. The van der Waals surface area contributed by atoms with Crippen LogP contribution in [0.4, 0.5) is 4.79 Å². The second-order valence-electron chi connectivity index (χ2n) is 7.47. The Kier molecular flexibility index (Phi) is 8.00. The van der Waals surface area contributed by atoms with Crippen molar-refractivity contribution in [3.8, 4) is 11.1 Å². The first-order chi connectivity index (χ1) is 13.0. The number of rotatable bonds is 7. The van der Waals surface area contributed by atoms with E-state index in [1.807, 2.05) is 45.0 Å². The molecule has 2 aromatic carbocycles. The summed E-state index contributed by atoms with van der Waals surface area (Å²) >= 11 is 11.1. The molecule has 0 aliphatic heterocycles. The Bertz CT molecular complexity index is 844. The van der Waals surface area contributed by atoms with E-state index in [1.54, 1.807) is 18.2 Å². The van der Waals surface area contributed by atoms with Gasteiger partial charge >= 0.3 is 182 Å². The third kappa shape index (κ3) is 7.50. The van der Waals surface area contributed by atoms with Crippen LogP contribution in [0.2, 0.25) is 14.8 Å². The van der Waals surface area contributed by atoms with E-state index in [-0.39, 0.29) is 15.9 Å². The molecule has 0 aliphatic carbocycles. The van der Waals surface area contributed by atoms with E-state index >= 15 is 0 Å². The predicted octanol–water partition coefficient (Wildman–Crippen LogP) is 5.84. The van der Waals surface area contributed by atoms with Crippen molar-refractivity contribution >= 4 is 49.7 Å². The summed E-state index contributed by atoms with van der Waals surface area (Å²) < 4.78 is 4.91. The molecule has 0 aliphatic rings. The number of ether oxygens (including phenoxy) is 1. The van der Waals surface area contributed by atoms with Crippen molar-refractivity contribution in [3.63, 3.8) is 0 Å². The molecule has 0 radical (unpaired) electrons. The molecule has 2 unspecified atom stereocenters. The van der Waals surface area contributed by atoms with Crippen LogP contribution >= 0.6 is 23.2 Å². The van der Waals surface area contributed by atoms with Crippen molar-refractivity contribution in [2.75, 3.05) is 0 Å². The molecule has 2 aromatic rings. The second-order valence-corrected chi connectivity index (χ2v) is 11.5. The number of halogens is 2. The number of hydrogen-bond donors (Lipinski definition) is 1. The summed E-state index contributed by atoms with van der Waals surface area (Å²) in [7, 11) is 0. The van der Waals surface area contributed by atoms with E-state index in [4.69, 9.17) is 27.9 Å². The first-order valence-electron chi connectivity index (χ1n) is 8.79. The van der Waals surface area contributed by atoms with Crippen molar-refractivity contribution in [1.29, 1.82) is 0 Å². The molecular weight excluding hydrogens is 462 g/mol. The van der Waals surface area contributed by atoms with Gasteiger partial charge in [0.1, 0.15) is 0 Å². The maximum atomic E-state index is 12.2. The Morgan fingerprint density at radius 1 is 1.11 bits per heavy atom. The molecule has 0 aromatic heterocycles. The minimum atomic E-state index is -1.23. The van der Waals surface area contributed by atoms with Crippen LogP contribution in [-0.2, 0) is 16.0 Å². The van der Waals surface area contributed by atoms with Crippen molar-refractivity contribution in [1.82, 2.24) is 0 Å². The van der Waals surface area contributed by atoms with Crippen LogP contribution in [0.5, 0.6) is 0 Å². The number of carboxylic acid groups (broad SMARTS) is 1. The maximum absolute atomic E-state index is 12.2. The summed E-state index contributed by atoms with van der Waals surface area (Å²) in [5.41, 5.74) is 2.17. The van der Waals surface area contributed by atoms with Gasteiger partial charge in [-0.15, -0.1) is 0 Å². The first kappa shape index (κ1) is 22.8. The molecule has 0 amide bonds. The van der Waals surface area contributed by atoms with Gasteiger partial charge in [0, 0.05) is 0 Å². The zero-order valence-electron chi connectivity index (χ0n) is 16.0. The first-order valence-corrected chi connectivity index (χ1v) is 11.8. The Balaban J connectivity index is 2.12. The van der Waals surface area contributed by atoms with Gasteiger partial charge in [-0.05, 0) is 0 Å². The fraction of sp³-hybridized carbons (Fsp3) is 0.333. The summed E-state index contributed by atoms with van der Waals surface area (Å²) in [4.78, 5) is 23.4. The van der Waals surface area contributed by atoms with Gasteiger partial charge in [0.05, 0.1) is 0 Å². The van der Waals surface area contributed by atoms with E-state index in [0.29, 0.717) is 16.5 Å². The number of benzene rings is 2. The molecule has 150 valence electrons. The molecule has 0 saturated heterocycles. The molecular formula is C21H23AsCl2O4. The SMILES string of the molecule is CC(C)(C)OC(=O)[AsH]C(CC(=O)O)Cc1ccc(-c2cc(Cl)ccc2Cl)cc1. The van der Waals surface area contributed by atoms with Crippen LogP contribution in [0, 0.1) is 0 Å². The molecule has 1 N–H and O–H groups in total. The molecule has 2 atom stereocenters. The van der Waals surface area contributed by atoms with E-state index in [9.17, 15) is 14.7 Å². The third-order valence-corrected chi connectivity index (χ3v) is 6.80. The Morgan fingerprint density at radius 2 is 1.75 bits per heavy atom. The minimum absolute atomic E-state index is 0.0406. The van der Waals surface area contributed by atoms with E-state index < -0.39 is 27.3 Å². The van der Waals surface area contributed by atoms with E-state index in [0.717, 1.165) is 16.7 Å². The van der Waals surface area contributed by atoms with Crippen molar-refractivity contribution in [3.05, 3.63) is 58.1 Å². The van der Waals surface area contributed by atoms with Gasteiger partial charge in [-0.3, -0.25) is 0 Å². The molecule has 2 rings (SSSR count).